The van der Waals surface area contributed by atoms with Gasteiger partial charge in [0.25, 0.3) is 0 Å². The molecule has 0 amide bonds. The molecule has 3 atom stereocenters. The molecule has 2 aliphatic rings. The van der Waals surface area contributed by atoms with Crippen LogP contribution in [0.3, 0.4) is 0 Å². The fraction of sp³-hybridized carbons (Fsp3) is 0.867. The van der Waals surface area contributed by atoms with E-state index < -0.39 is 0 Å². The highest BCUT2D eigenvalue weighted by Crippen LogP contribution is 2.27. The lowest BCUT2D eigenvalue weighted by atomic mass is 10.1. The van der Waals surface area contributed by atoms with Crippen LogP contribution < -0.4 is 5.32 Å². The van der Waals surface area contributed by atoms with Gasteiger partial charge in [0, 0.05) is 24.3 Å². The molecule has 1 N–H and O–H groups in total. The number of thioether (sulfide) groups is 1. The van der Waals surface area contributed by atoms with Crippen molar-refractivity contribution in [3.05, 3.63) is 11.6 Å². The summed E-state index contributed by atoms with van der Waals surface area (Å²) in [4.78, 5) is 0. The van der Waals surface area contributed by atoms with E-state index in [1.54, 1.807) is 0 Å². The summed E-state index contributed by atoms with van der Waals surface area (Å²) in [5, 5.41) is 13.4. The number of rotatable bonds is 3. The van der Waals surface area contributed by atoms with Crippen molar-refractivity contribution in [3.63, 3.8) is 0 Å². The highest BCUT2D eigenvalue weighted by atomic mass is 32.2. The first-order valence-corrected chi connectivity index (χ1v) is 9.10. The zero-order chi connectivity index (χ0) is 13.9. The summed E-state index contributed by atoms with van der Waals surface area (Å²) in [5.74, 6) is 3.65. The topological polar surface area (TPSA) is 42.7 Å². The number of nitrogens with one attached hydrogen (secondary N) is 1. The van der Waals surface area contributed by atoms with Crippen LogP contribution in [0.4, 0.5) is 0 Å². The smallest absolute Gasteiger partial charge is 0.149 e. The van der Waals surface area contributed by atoms with E-state index in [1.807, 2.05) is 0 Å². The van der Waals surface area contributed by atoms with Gasteiger partial charge >= 0.3 is 0 Å². The van der Waals surface area contributed by atoms with Crippen molar-refractivity contribution < 1.29 is 0 Å². The lowest BCUT2D eigenvalue weighted by Gasteiger charge is -2.31. The summed E-state index contributed by atoms with van der Waals surface area (Å²) in [7, 11) is 0. The van der Waals surface area contributed by atoms with Crippen LogP contribution in [-0.2, 0) is 13.0 Å². The summed E-state index contributed by atoms with van der Waals surface area (Å²) in [6.45, 7) is 5.69. The normalized spacial score (nSPS) is 28.7. The average Bonchev–Trinajstić information content (AvgIpc) is 2.71. The number of hydrogen-bond acceptors (Lipinski definition) is 4. The monoisotopic (exact) mass is 294 g/mol. The molecule has 1 saturated heterocycles. The molecule has 2 aliphatic heterocycles. The SMILES string of the molecule is CC(NC1CCCSC1C)c1nnc2n1CCCCC2. The molecule has 0 radical (unpaired) electrons. The Balaban J connectivity index is 1.70. The third-order valence-corrected chi connectivity index (χ3v) is 5.98. The van der Waals surface area contributed by atoms with Gasteiger partial charge < -0.3 is 9.88 Å². The van der Waals surface area contributed by atoms with Crippen molar-refractivity contribution >= 4 is 11.8 Å². The van der Waals surface area contributed by atoms with Gasteiger partial charge in [-0.25, -0.2) is 0 Å². The Bertz CT molecular complexity index is 445. The summed E-state index contributed by atoms with van der Waals surface area (Å²) in [6, 6.07) is 0.919. The molecule has 0 aromatic carbocycles. The highest BCUT2D eigenvalue weighted by Gasteiger charge is 2.26. The van der Waals surface area contributed by atoms with E-state index in [0.29, 0.717) is 17.3 Å². The van der Waals surface area contributed by atoms with Gasteiger partial charge in [0.15, 0.2) is 0 Å². The average molecular weight is 294 g/mol. The Morgan fingerprint density at radius 2 is 2.15 bits per heavy atom. The Morgan fingerprint density at radius 3 is 3.00 bits per heavy atom. The molecular weight excluding hydrogens is 268 g/mol. The Hall–Kier alpha value is -0.550. The van der Waals surface area contributed by atoms with Gasteiger partial charge in [-0.15, -0.1) is 10.2 Å². The Morgan fingerprint density at radius 1 is 1.25 bits per heavy atom. The third-order valence-electron chi connectivity index (χ3n) is 4.60. The molecular formula is C15H26N4S. The quantitative estimate of drug-likeness (QED) is 0.931. The molecule has 0 bridgehead atoms. The van der Waals surface area contributed by atoms with Crippen molar-refractivity contribution in [1.29, 1.82) is 0 Å². The van der Waals surface area contributed by atoms with Gasteiger partial charge in [-0.3, -0.25) is 0 Å². The molecule has 1 aromatic rings. The predicted molar refractivity (Wildman–Crippen MR) is 84.1 cm³/mol. The van der Waals surface area contributed by atoms with Crippen LogP contribution in [-0.4, -0.2) is 31.8 Å². The number of hydrogen-bond donors (Lipinski definition) is 1. The third kappa shape index (κ3) is 3.03. The van der Waals surface area contributed by atoms with Gasteiger partial charge in [0.2, 0.25) is 0 Å². The van der Waals surface area contributed by atoms with Crippen molar-refractivity contribution in [2.75, 3.05) is 5.75 Å². The summed E-state index contributed by atoms with van der Waals surface area (Å²) >= 11 is 2.09. The van der Waals surface area contributed by atoms with E-state index in [0.717, 1.165) is 18.8 Å². The van der Waals surface area contributed by atoms with Crippen molar-refractivity contribution in [2.24, 2.45) is 0 Å². The molecule has 0 aliphatic carbocycles. The fourth-order valence-electron chi connectivity index (χ4n) is 3.37. The minimum absolute atomic E-state index is 0.306. The molecule has 3 rings (SSSR count). The fourth-order valence-corrected chi connectivity index (χ4v) is 4.52. The molecule has 1 fully saturated rings. The van der Waals surface area contributed by atoms with Gasteiger partial charge in [0.1, 0.15) is 11.6 Å². The second kappa shape index (κ2) is 6.48. The maximum absolute atomic E-state index is 4.47. The summed E-state index contributed by atoms with van der Waals surface area (Å²) < 4.78 is 2.37. The van der Waals surface area contributed by atoms with Crippen molar-refractivity contribution in [1.82, 2.24) is 20.1 Å². The maximum Gasteiger partial charge on any atom is 0.149 e. The molecule has 112 valence electrons. The molecule has 0 saturated carbocycles. The minimum Gasteiger partial charge on any atom is -0.314 e. The van der Waals surface area contributed by atoms with Crippen LogP contribution in [0, 0.1) is 0 Å². The Labute approximate surface area is 126 Å². The van der Waals surface area contributed by atoms with Gasteiger partial charge in [0.05, 0.1) is 6.04 Å². The maximum atomic E-state index is 4.47. The lowest BCUT2D eigenvalue weighted by molar-refractivity contribution is 0.397. The standard InChI is InChI=1S/C15H26N4S/c1-11(16-13-7-6-10-20-12(13)2)15-18-17-14-8-4-3-5-9-19(14)15/h11-13,16H,3-10H2,1-2H3. The summed E-state index contributed by atoms with van der Waals surface area (Å²) in [6.07, 6.45) is 7.56. The molecule has 5 heteroatoms. The molecule has 0 spiro atoms. The number of aromatic nitrogens is 3. The first-order valence-electron chi connectivity index (χ1n) is 8.05. The molecule has 1 aromatic heterocycles. The van der Waals surface area contributed by atoms with E-state index in [2.05, 4.69) is 45.7 Å². The van der Waals surface area contributed by atoms with Gasteiger partial charge in [-0.05, 0) is 38.4 Å². The van der Waals surface area contributed by atoms with Gasteiger partial charge in [-0.2, -0.15) is 11.8 Å². The summed E-state index contributed by atoms with van der Waals surface area (Å²) in [5.41, 5.74) is 0. The van der Waals surface area contributed by atoms with E-state index in [1.165, 1.54) is 43.7 Å². The predicted octanol–water partition coefficient (Wildman–Crippen LogP) is 2.94. The lowest BCUT2D eigenvalue weighted by Crippen LogP contribution is -2.41. The molecule has 3 unspecified atom stereocenters. The number of fused-ring (bicyclic) bond motifs is 1. The van der Waals surface area contributed by atoms with E-state index in [4.69, 9.17) is 0 Å². The van der Waals surface area contributed by atoms with E-state index in [-0.39, 0.29) is 0 Å². The zero-order valence-corrected chi connectivity index (χ0v) is 13.5. The van der Waals surface area contributed by atoms with Crippen molar-refractivity contribution in [2.45, 2.75) is 76.3 Å². The molecule has 20 heavy (non-hydrogen) atoms. The van der Waals surface area contributed by atoms with Crippen LogP contribution >= 0.6 is 11.8 Å². The van der Waals surface area contributed by atoms with Crippen LogP contribution in [0.15, 0.2) is 0 Å². The highest BCUT2D eigenvalue weighted by molar-refractivity contribution is 7.99. The zero-order valence-electron chi connectivity index (χ0n) is 12.6. The first kappa shape index (κ1) is 14.4. The van der Waals surface area contributed by atoms with Crippen molar-refractivity contribution in [3.8, 4) is 0 Å². The van der Waals surface area contributed by atoms with E-state index >= 15 is 0 Å². The van der Waals surface area contributed by atoms with E-state index in [9.17, 15) is 0 Å². The first-order chi connectivity index (χ1) is 9.75. The van der Waals surface area contributed by atoms with Crippen LogP contribution in [0.5, 0.6) is 0 Å². The molecule has 3 heterocycles. The second-order valence-electron chi connectivity index (χ2n) is 6.15. The number of aryl methyl sites for hydroxylation is 1. The second-order valence-corrected chi connectivity index (χ2v) is 7.63. The Kier molecular flexibility index (Phi) is 4.66. The molecule has 4 nitrogen and oxygen atoms in total. The largest absolute Gasteiger partial charge is 0.314 e. The van der Waals surface area contributed by atoms with Gasteiger partial charge in [-0.1, -0.05) is 13.3 Å². The minimum atomic E-state index is 0.306. The van der Waals surface area contributed by atoms with Crippen LogP contribution in [0.1, 0.15) is 63.6 Å². The van der Waals surface area contributed by atoms with Crippen LogP contribution in [0.25, 0.3) is 0 Å². The number of nitrogens with zero attached hydrogens (tertiary/aromatic N) is 3. The van der Waals surface area contributed by atoms with Crippen LogP contribution in [0.2, 0.25) is 0 Å².